The minimum Gasteiger partial charge on any atom is -0.393 e. The highest BCUT2D eigenvalue weighted by molar-refractivity contribution is 7.99. The molecule has 5 rings (SSSR count). The standard InChI is InChI=1S/C29H37NO4S/c1-18-14-23-22-8-7-19-15-21(31)9-11-27(19,2)26(22)24(32)16-28(23,3)29(18,34)25(33)17-35-13-10-20-6-4-5-12-30-20/h4-6,9,11-12,15,18,22-24,26,32,34H,7-8,10,13-14,16-17H2,1-3H3/t18-,22?,23?,24?,26?,27?,28?,29+/m1/s1. The Bertz CT molecular complexity index is 1070. The first-order valence-electron chi connectivity index (χ1n) is 13.0. The van der Waals surface area contributed by atoms with Crippen LogP contribution in [-0.2, 0) is 16.0 Å². The summed E-state index contributed by atoms with van der Waals surface area (Å²) >= 11 is 1.56. The van der Waals surface area contributed by atoms with Crippen molar-refractivity contribution in [2.45, 2.75) is 64.6 Å². The molecule has 3 fully saturated rings. The zero-order valence-electron chi connectivity index (χ0n) is 20.9. The van der Waals surface area contributed by atoms with E-state index in [4.69, 9.17) is 0 Å². The quantitative estimate of drug-likeness (QED) is 0.576. The number of pyridine rings is 1. The summed E-state index contributed by atoms with van der Waals surface area (Å²) in [7, 11) is 0. The van der Waals surface area contributed by atoms with Crippen LogP contribution in [0.2, 0.25) is 0 Å². The minimum absolute atomic E-state index is 0.00215. The van der Waals surface area contributed by atoms with Crippen LogP contribution < -0.4 is 0 Å². The average Bonchev–Trinajstić information content (AvgIpc) is 3.04. The van der Waals surface area contributed by atoms with Gasteiger partial charge in [-0.1, -0.05) is 38.5 Å². The smallest absolute Gasteiger partial charge is 0.178 e. The van der Waals surface area contributed by atoms with Gasteiger partial charge < -0.3 is 10.2 Å². The van der Waals surface area contributed by atoms with Crippen LogP contribution in [0.15, 0.2) is 48.2 Å². The number of hydrogen-bond donors (Lipinski definition) is 2. The molecule has 0 amide bonds. The number of ketones is 2. The summed E-state index contributed by atoms with van der Waals surface area (Å²) in [6.07, 6.45) is 10.3. The molecule has 0 spiro atoms. The van der Waals surface area contributed by atoms with Gasteiger partial charge in [0.05, 0.1) is 11.9 Å². The fraction of sp³-hybridized carbons (Fsp3) is 0.621. The van der Waals surface area contributed by atoms with Gasteiger partial charge in [0, 0.05) is 28.6 Å². The molecule has 1 heterocycles. The third-order valence-electron chi connectivity index (χ3n) is 9.96. The predicted molar refractivity (Wildman–Crippen MR) is 138 cm³/mol. The summed E-state index contributed by atoms with van der Waals surface area (Å²) in [5, 5.41) is 23.6. The molecule has 4 aliphatic carbocycles. The molecule has 6 unspecified atom stereocenters. The molecule has 8 atom stereocenters. The number of carbonyl (C=O) groups excluding carboxylic acids is 2. The van der Waals surface area contributed by atoms with E-state index in [0.29, 0.717) is 6.42 Å². The van der Waals surface area contributed by atoms with E-state index >= 15 is 0 Å². The first-order chi connectivity index (χ1) is 16.6. The average molecular weight is 496 g/mol. The number of carbonyl (C=O) groups is 2. The largest absolute Gasteiger partial charge is 0.393 e. The molecule has 3 saturated carbocycles. The van der Waals surface area contributed by atoms with Crippen LogP contribution in [0.1, 0.15) is 52.1 Å². The van der Waals surface area contributed by atoms with Crippen LogP contribution in [0.25, 0.3) is 0 Å². The van der Waals surface area contributed by atoms with E-state index in [1.54, 1.807) is 30.1 Å². The van der Waals surface area contributed by atoms with Gasteiger partial charge in [-0.15, -0.1) is 0 Å². The van der Waals surface area contributed by atoms with Gasteiger partial charge in [0.25, 0.3) is 0 Å². The summed E-state index contributed by atoms with van der Waals surface area (Å²) in [5.41, 5.74) is -0.302. The van der Waals surface area contributed by atoms with Crippen molar-refractivity contribution in [1.82, 2.24) is 4.98 Å². The first-order valence-corrected chi connectivity index (χ1v) is 14.1. The number of fused-ring (bicyclic) bond motifs is 5. The molecule has 0 aromatic carbocycles. The van der Waals surface area contributed by atoms with Gasteiger partial charge >= 0.3 is 0 Å². The SMILES string of the molecule is C[C@@H]1CC2C3CCC4=CC(=O)C=CC4(C)C3C(O)CC2(C)[C@@]1(O)C(=O)CSCCc1ccccn1. The second-order valence-electron chi connectivity index (χ2n) is 11.7. The topological polar surface area (TPSA) is 87.5 Å². The van der Waals surface area contributed by atoms with Gasteiger partial charge in [0.1, 0.15) is 5.60 Å². The monoisotopic (exact) mass is 495 g/mol. The molecule has 1 aromatic heterocycles. The van der Waals surface area contributed by atoms with E-state index in [2.05, 4.69) is 11.9 Å². The maximum absolute atomic E-state index is 13.6. The third-order valence-corrected chi connectivity index (χ3v) is 10.9. The summed E-state index contributed by atoms with van der Waals surface area (Å²) in [4.78, 5) is 30.0. The molecule has 0 aliphatic heterocycles. The van der Waals surface area contributed by atoms with Crippen LogP contribution in [0, 0.1) is 34.5 Å². The fourth-order valence-corrected chi connectivity index (χ4v) is 9.15. The van der Waals surface area contributed by atoms with Gasteiger partial charge in [-0.25, -0.2) is 0 Å². The molecule has 35 heavy (non-hydrogen) atoms. The zero-order valence-corrected chi connectivity index (χ0v) is 21.8. The Labute approximate surface area is 212 Å². The van der Waals surface area contributed by atoms with Crippen molar-refractivity contribution < 1.29 is 19.8 Å². The number of allylic oxidation sites excluding steroid dienone is 4. The van der Waals surface area contributed by atoms with Gasteiger partial charge in [-0.3, -0.25) is 14.6 Å². The van der Waals surface area contributed by atoms with E-state index < -0.39 is 17.1 Å². The van der Waals surface area contributed by atoms with Crippen molar-refractivity contribution in [3.8, 4) is 0 Å². The summed E-state index contributed by atoms with van der Waals surface area (Å²) in [5.74, 6) is 1.21. The van der Waals surface area contributed by atoms with E-state index in [1.165, 1.54) is 0 Å². The normalized spacial score (nSPS) is 42.1. The maximum Gasteiger partial charge on any atom is 0.178 e. The lowest BCUT2D eigenvalue weighted by Gasteiger charge is -2.59. The summed E-state index contributed by atoms with van der Waals surface area (Å²) in [6.45, 7) is 6.21. The Morgan fingerprint density at radius 3 is 2.83 bits per heavy atom. The zero-order chi connectivity index (χ0) is 25.0. The molecular formula is C29H37NO4S. The molecule has 0 saturated heterocycles. The number of aromatic nitrogens is 1. The Morgan fingerprint density at radius 1 is 1.29 bits per heavy atom. The van der Waals surface area contributed by atoms with E-state index in [1.807, 2.05) is 38.1 Å². The van der Waals surface area contributed by atoms with Gasteiger partial charge in [0.15, 0.2) is 11.6 Å². The first kappa shape index (κ1) is 24.9. The summed E-state index contributed by atoms with van der Waals surface area (Å²) < 4.78 is 0. The highest BCUT2D eigenvalue weighted by Crippen LogP contribution is 2.68. The number of aryl methyl sites for hydroxylation is 1. The van der Waals surface area contributed by atoms with Crippen LogP contribution in [0.3, 0.4) is 0 Å². The highest BCUT2D eigenvalue weighted by Gasteiger charge is 2.70. The van der Waals surface area contributed by atoms with Crippen LogP contribution >= 0.6 is 11.8 Å². The lowest BCUT2D eigenvalue weighted by molar-refractivity contribution is -0.179. The molecule has 5 nitrogen and oxygen atoms in total. The molecule has 6 heteroatoms. The Morgan fingerprint density at radius 2 is 2.09 bits per heavy atom. The number of thioether (sulfide) groups is 1. The molecule has 1 aromatic rings. The molecule has 4 aliphatic rings. The van der Waals surface area contributed by atoms with E-state index in [-0.39, 0.29) is 46.4 Å². The van der Waals surface area contributed by atoms with Crippen molar-refractivity contribution >= 4 is 23.3 Å². The Kier molecular flexibility index (Phi) is 6.38. The second-order valence-corrected chi connectivity index (χ2v) is 12.8. The molecular weight excluding hydrogens is 458 g/mol. The fourth-order valence-electron chi connectivity index (χ4n) is 8.25. The van der Waals surface area contributed by atoms with E-state index in [0.717, 1.165) is 42.7 Å². The van der Waals surface area contributed by atoms with Gasteiger partial charge in [-0.2, -0.15) is 11.8 Å². The number of hydrogen-bond acceptors (Lipinski definition) is 6. The lowest BCUT2D eigenvalue weighted by atomic mass is 9.46. The van der Waals surface area contributed by atoms with Crippen molar-refractivity contribution in [2.24, 2.45) is 34.5 Å². The van der Waals surface area contributed by atoms with Crippen LogP contribution in [0.5, 0.6) is 0 Å². The molecule has 2 N–H and O–H groups in total. The lowest BCUT2D eigenvalue weighted by Crippen LogP contribution is -2.62. The minimum atomic E-state index is -1.43. The van der Waals surface area contributed by atoms with E-state index in [9.17, 15) is 19.8 Å². The number of nitrogens with zero attached hydrogens (tertiary/aromatic N) is 1. The molecule has 188 valence electrons. The molecule has 0 bridgehead atoms. The Hall–Kier alpha value is -1.76. The van der Waals surface area contributed by atoms with Crippen molar-refractivity contribution in [3.05, 3.63) is 53.9 Å². The number of aliphatic hydroxyl groups excluding tert-OH is 1. The summed E-state index contributed by atoms with van der Waals surface area (Å²) in [6, 6.07) is 5.85. The maximum atomic E-state index is 13.6. The van der Waals surface area contributed by atoms with Crippen LogP contribution in [0.4, 0.5) is 0 Å². The van der Waals surface area contributed by atoms with Crippen molar-refractivity contribution in [2.75, 3.05) is 11.5 Å². The predicted octanol–water partition coefficient (Wildman–Crippen LogP) is 4.18. The van der Waals surface area contributed by atoms with Crippen molar-refractivity contribution in [3.63, 3.8) is 0 Å². The highest BCUT2D eigenvalue weighted by atomic mass is 32.2. The van der Waals surface area contributed by atoms with Crippen LogP contribution in [-0.4, -0.2) is 50.0 Å². The third kappa shape index (κ3) is 3.79. The molecule has 0 radical (unpaired) electrons. The van der Waals surface area contributed by atoms with Gasteiger partial charge in [0.2, 0.25) is 0 Å². The van der Waals surface area contributed by atoms with Gasteiger partial charge in [-0.05, 0) is 79.9 Å². The number of rotatable bonds is 6. The number of Topliss-reactive ketones (excluding diaryl/α,β-unsaturated/α-hetero) is 1. The Balaban J connectivity index is 1.34. The number of aliphatic hydroxyl groups is 2. The van der Waals surface area contributed by atoms with Crippen molar-refractivity contribution in [1.29, 1.82) is 0 Å². The second kappa shape index (κ2) is 8.97.